The topological polar surface area (TPSA) is 68.0 Å². The number of benzene rings is 3. The molecule has 0 unspecified atom stereocenters. The third-order valence-electron chi connectivity index (χ3n) is 6.81. The molecule has 0 bridgehead atoms. The summed E-state index contributed by atoms with van der Waals surface area (Å²) >= 11 is 0. The van der Waals surface area contributed by atoms with Gasteiger partial charge in [-0.15, -0.1) is 0 Å². The number of halogens is 6. The maximum absolute atomic E-state index is 14.0. The summed E-state index contributed by atoms with van der Waals surface area (Å²) in [5.74, 6) is 0.223. The predicted molar refractivity (Wildman–Crippen MR) is 141 cm³/mol. The minimum Gasteiger partial charge on any atom is -0.369 e. The minimum atomic E-state index is -6.04. The Hall–Kier alpha value is -4.51. The zero-order valence-corrected chi connectivity index (χ0v) is 21.3. The molecule has 0 aliphatic carbocycles. The summed E-state index contributed by atoms with van der Waals surface area (Å²) in [6.45, 7) is 1.26. The summed E-state index contributed by atoms with van der Waals surface area (Å²) in [4.78, 5) is 22.7. The molecule has 0 amide bonds. The fraction of sp³-hybridized carbons (Fsp3) is 0.167. The molecule has 5 aromatic rings. The number of aliphatic hydroxyl groups is 1. The van der Waals surface area contributed by atoms with E-state index in [2.05, 4.69) is 9.97 Å². The van der Waals surface area contributed by atoms with Gasteiger partial charge in [-0.1, -0.05) is 54.6 Å². The number of alkyl halides is 6. The highest BCUT2D eigenvalue weighted by Crippen LogP contribution is 2.50. The summed E-state index contributed by atoms with van der Waals surface area (Å²) < 4.78 is 82.3. The van der Waals surface area contributed by atoms with E-state index in [9.17, 15) is 36.2 Å². The molecule has 0 radical (unpaired) electrons. The van der Waals surface area contributed by atoms with E-state index >= 15 is 0 Å². The van der Waals surface area contributed by atoms with E-state index < -0.39 is 29.1 Å². The minimum absolute atomic E-state index is 0.0255. The Bertz CT molecular complexity index is 1770. The van der Waals surface area contributed by atoms with Crippen molar-refractivity contribution in [1.82, 2.24) is 14.5 Å². The Morgan fingerprint density at radius 3 is 2.15 bits per heavy atom. The van der Waals surface area contributed by atoms with Crippen LogP contribution >= 0.6 is 0 Å². The maximum atomic E-state index is 14.0. The van der Waals surface area contributed by atoms with Crippen molar-refractivity contribution < 1.29 is 31.4 Å². The summed E-state index contributed by atoms with van der Waals surface area (Å²) in [6, 6.07) is 19.6. The third kappa shape index (κ3) is 4.97. The van der Waals surface area contributed by atoms with Gasteiger partial charge in [0.15, 0.2) is 0 Å². The van der Waals surface area contributed by atoms with Gasteiger partial charge in [0, 0.05) is 29.9 Å². The molecule has 210 valence electrons. The molecule has 5 nitrogen and oxygen atoms in total. The smallest absolute Gasteiger partial charge is 0.369 e. The molecule has 5 rings (SSSR count). The van der Waals surface area contributed by atoms with Gasteiger partial charge in [-0.2, -0.15) is 26.3 Å². The number of nitrogens with zero attached hydrogens (tertiary/aromatic N) is 3. The third-order valence-corrected chi connectivity index (χ3v) is 6.81. The van der Waals surface area contributed by atoms with Crippen molar-refractivity contribution in [3.05, 3.63) is 124 Å². The number of aromatic nitrogens is 3. The number of rotatable bonds is 5. The van der Waals surface area contributed by atoms with Crippen molar-refractivity contribution in [3.8, 4) is 16.8 Å². The molecule has 3 aromatic carbocycles. The average molecular weight is 570 g/mol. The van der Waals surface area contributed by atoms with E-state index in [-0.39, 0.29) is 28.9 Å². The van der Waals surface area contributed by atoms with E-state index in [1.165, 1.54) is 11.5 Å². The van der Waals surface area contributed by atoms with Crippen LogP contribution in [0.15, 0.2) is 96.1 Å². The van der Waals surface area contributed by atoms with Crippen molar-refractivity contribution in [3.63, 3.8) is 0 Å². The molecule has 0 fully saturated rings. The van der Waals surface area contributed by atoms with Gasteiger partial charge in [0.1, 0.15) is 5.82 Å². The van der Waals surface area contributed by atoms with Crippen molar-refractivity contribution in [1.29, 1.82) is 0 Å². The van der Waals surface area contributed by atoms with Crippen LogP contribution in [-0.2, 0) is 12.0 Å². The van der Waals surface area contributed by atoms with Crippen LogP contribution in [0.5, 0.6) is 0 Å². The van der Waals surface area contributed by atoms with Crippen molar-refractivity contribution >= 4 is 10.9 Å². The second kappa shape index (κ2) is 10.2. The summed E-state index contributed by atoms with van der Waals surface area (Å²) in [5, 5.41) is 10.1. The Morgan fingerprint density at radius 2 is 1.54 bits per heavy atom. The molecular weight excluding hydrogens is 548 g/mol. The molecule has 11 heteroatoms. The molecule has 41 heavy (non-hydrogen) atoms. The lowest BCUT2D eigenvalue weighted by atomic mass is 9.90. The van der Waals surface area contributed by atoms with Gasteiger partial charge in [0.2, 0.25) is 0 Å². The van der Waals surface area contributed by atoms with Crippen LogP contribution in [0.2, 0.25) is 0 Å². The Kier molecular flexibility index (Phi) is 6.94. The van der Waals surface area contributed by atoms with E-state index in [1.807, 2.05) is 0 Å². The maximum Gasteiger partial charge on any atom is 0.430 e. The number of hydrogen-bond donors (Lipinski definition) is 1. The van der Waals surface area contributed by atoms with Crippen molar-refractivity contribution in [2.45, 2.75) is 31.3 Å². The van der Waals surface area contributed by atoms with Crippen LogP contribution in [0.25, 0.3) is 27.7 Å². The summed E-state index contributed by atoms with van der Waals surface area (Å²) in [7, 11) is 0. The largest absolute Gasteiger partial charge is 0.430 e. The molecule has 2 aromatic heterocycles. The van der Waals surface area contributed by atoms with Gasteiger partial charge in [0.05, 0.1) is 16.6 Å². The first-order chi connectivity index (χ1) is 19.3. The molecule has 0 spiro atoms. The first-order valence-corrected chi connectivity index (χ1v) is 12.3. The second-order valence-corrected chi connectivity index (χ2v) is 9.51. The molecule has 0 aliphatic rings. The average Bonchev–Trinajstić information content (AvgIpc) is 2.93. The molecule has 2 heterocycles. The second-order valence-electron chi connectivity index (χ2n) is 9.51. The van der Waals surface area contributed by atoms with E-state index in [0.717, 1.165) is 17.2 Å². The Morgan fingerprint density at radius 1 is 0.829 bits per heavy atom. The van der Waals surface area contributed by atoms with Crippen LogP contribution in [-0.4, -0.2) is 32.0 Å². The quantitative estimate of drug-likeness (QED) is 0.241. The van der Waals surface area contributed by atoms with E-state index in [4.69, 9.17) is 0 Å². The summed E-state index contributed by atoms with van der Waals surface area (Å²) in [6.07, 6.45) is -8.72. The van der Waals surface area contributed by atoms with Gasteiger partial charge in [-0.25, -0.2) is 4.98 Å². The number of fused-ring (bicyclic) bond motifs is 1. The number of pyridine rings is 1. The van der Waals surface area contributed by atoms with E-state index in [1.54, 1.807) is 73.1 Å². The van der Waals surface area contributed by atoms with Gasteiger partial charge >= 0.3 is 12.4 Å². The fourth-order valence-corrected chi connectivity index (χ4v) is 4.71. The molecule has 0 saturated carbocycles. The molecule has 1 N–H and O–H groups in total. The molecule has 0 saturated heterocycles. The zero-order chi connectivity index (χ0) is 29.6. The van der Waals surface area contributed by atoms with Crippen LogP contribution < -0.4 is 5.56 Å². The lowest BCUT2D eigenvalue weighted by Crippen LogP contribution is -2.54. The highest BCUT2D eigenvalue weighted by atomic mass is 19.4. The fourth-order valence-electron chi connectivity index (χ4n) is 4.71. The molecular formula is C30H21F6N3O2. The van der Waals surface area contributed by atoms with Crippen LogP contribution in [0, 0.1) is 6.92 Å². The summed E-state index contributed by atoms with van der Waals surface area (Å²) in [5.41, 5.74) is -4.62. The van der Waals surface area contributed by atoms with Crippen molar-refractivity contribution in [2.24, 2.45) is 0 Å². The van der Waals surface area contributed by atoms with Crippen LogP contribution in [0.3, 0.4) is 0 Å². The normalized spacial score (nSPS) is 12.6. The molecule has 0 aliphatic heterocycles. The van der Waals surface area contributed by atoms with Gasteiger partial charge in [-0.3, -0.25) is 14.3 Å². The van der Waals surface area contributed by atoms with Gasteiger partial charge in [-0.05, 0) is 47.9 Å². The number of aryl methyl sites for hydroxylation is 1. The van der Waals surface area contributed by atoms with E-state index in [0.29, 0.717) is 23.2 Å². The Balaban J connectivity index is 1.74. The van der Waals surface area contributed by atoms with Crippen molar-refractivity contribution in [2.75, 3.05) is 0 Å². The van der Waals surface area contributed by atoms with Gasteiger partial charge < -0.3 is 5.11 Å². The lowest BCUT2D eigenvalue weighted by Gasteiger charge is -2.33. The number of hydrogen-bond acceptors (Lipinski definition) is 4. The van der Waals surface area contributed by atoms with Crippen LogP contribution in [0.1, 0.15) is 22.5 Å². The monoisotopic (exact) mass is 569 g/mol. The first-order valence-electron chi connectivity index (χ1n) is 12.3. The lowest BCUT2D eigenvalue weighted by molar-refractivity contribution is -0.376. The highest BCUT2D eigenvalue weighted by Gasteiger charge is 2.71. The Labute approximate surface area is 229 Å². The van der Waals surface area contributed by atoms with Crippen LogP contribution in [0.4, 0.5) is 26.3 Å². The van der Waals surface area contributed by atoms with Gasteiger partial charge in [0.25, 0.3) is 11.2 Å². The molecule has 0 atom stereocenters. The standard InChI is InChI=1S/C30H21F6N3O2/c1-18-14-22(28(41,29(31,32)33)30(34,35)36)10-12-25(18)39-26(15-19-6-3-2-4-7-19)38-24-11-9-20(16-23(24)27(39)40)21-8-5-13-37-17-21/h2-14,16-17,41H,15H2,1H3. The predicted octanol–water partition coefficient (Wildman–Crippen LogP) is 6.66. The highest BCUT2D eigenvalue weighted by molar-refractivity contribution is 5.84. The zero-order valence-electron chi connectivity index (χ0n) is 21.3. The SMILES string of the molecule is Cc1cc(C(O)(C(F)(F)F)C(F)(F)F)ccc1-n1c(Cc2ccccc2)nc2ccc(-c3cccnc3)cc2c1=O. The first kappa shape index (κ1) is 28.0.